The molecule has 4 rings (SSSR count). The van der Waals surface area contributed by atoms with E-state index >= 15 is 0 Å². The second kappa shape index (κ2) is 14.3. The number of ether oxygens (including phenoxy) is 1. The number of aromatic nitrogens is 2. The van der Waals surface area contributed by atoms with Gasteiger partial charge < -0.3 is 26.0 Å². The zero-order valence-electron chi connectivity index (χ0n) is 26.2. The Morgan fingerprint density at radius 1 is 1.19 bits per heavy atom. The van der Waals surface area contributed by atoms with Crippen molar-refractivity contribution in [2.45, 2.75) is 96.5 Å². The highest BCUT2D eigenvalue weighted by atomic mass is 35.5. The van der Waals surface area contributed by atoms with Crippen LogP contribution in [-0.4, -0.2) is 67.0 Å². The van der Waals surface area contributed by atoms with Gasteiger partial charge in [0.05, 0.1) is 28.9 Å². The number of rotatable bonds is 13. The van der Waals surface area contributed by atoms with E-state index in [1.807, 2.05) is 0 Å². The summed E-state index contributed by atoms with van der Waals surface area (Å²) in [6.45, 7) is 12.0. The van der Waals surface area contributed by atoms with Crippen molar-refractivity contribution >= 4 is 45.1 Å². The van der Waals surface area contributed by atoms with E-state index in [0.717, 1.165) is 37.4 Å². The van der Waals surface area contributed by atoms with Crippen molar-refractivity contribution in [3.05, 3.63) is 45.2 Å². The molecule has 0 aliphatic heterocycles. The molecule has 2 aromatic rings. The molecule has 0 amide bonds. The van der Waals surface area contributed by atoms with Crippen LogP contribution < -0.4 is 21.1 Å². The van der Waals surface area contributed by atoms with Gasteiger partial charge in [-0.15, -0.1) is 0 Å². The predicted molar refractivity (Wildman–Crippen MR) is 176 cm³/mol. The third-order valence-corrected chi connectivity index (χ3v) is 10.7. The van der Waals surface area contributed by atoms with Crippen molar-refractivity contribution in [3.8, 4) is 5.75 Å². The number of nitrogens with one attached hydrogen (secondary N) is 2. The fraction of sp³-hybridized carbons (Fsp3) is 0.581. The van der Waals surface area contributed by atoms with E-state index < -0.39 is 15.1 Å². The molecule has 0 atom stereocenters. The molecule has 1 aromatic heterocycles. The topological polar surface area (TPSA) is 135 Å². The summed E-state index contributed by atoms with van der Waals surface area (Å²) in [5, 5.41) is 5.41. The monoisotopic (exact) mass is 631 g/mol. The van der Waals surface area contributed by atoms with Gasteiger partial charge in [0.2, 0.25) is 5.95 Å². The van der Waals surface area contributed by atoms with Crippen LogP contribution in [0.25, 0.3) is 0 Å². The number of benzene rings is 1. The predicted octanol–water partition coefficient (Wildman–Crippen LogP) is 6.15. The van der Waals surface area contributed by atoms with E-state index in [1.54, 1.807) is 13.8 Å². The number of aryl methyl sites for hydroxylation is 1. The Morgan fingerprint density at radius 2 is 1.86 bits per heavy atom. The Kier molecular flexibility index (Phi) is 10.9. The normalized spacial score (nSPS) is 20.0. The fourth-order valence-electron chi connectivity index (χ4n) is 5.65. The Hall–Kier alpha value is -2.89. The molecule has 1 heterocycles. The lowest BCUT2D eigenvalue weighted by atomic mass is 9.79. The van der Waals surface area contributed by atoms with E-state index in [9.17, 15) is 8.42 Å². The molecule has 43 heavy (non-hydrogen) atoms. The lowest BCUT2D eigenvalue weighted by Crippen LogP contribution is -2.37. The third-order valence-electron chi connectivity index (χ3n) is 8.35. The maximum atomic E-state index is 12.7. The maximum absolute atomic E-state index is 12.7. The number of nitrogens with two attached hydrogens (primary N) is 1. The summed E-state index contributed by atoms with van der Waals surface area (Å²) in [5.74, 6) is 1.76. The van der Waals surface area contributed by atoms with Crippen LogP contribution in [0.15, 0.2) is 34.0 Å². The Balaban J connectivity index is 1.60. The molecule has 0 spiro atoms. The number of halogens is 1. The molecular weight excluding hydrogens is 586 g/mol. The van der Waals surface area contributed by atoms with Gasteiger partial charge in [-0.25, -0.2) is 13.4 Å². The summed E-state index contributed by atoms with van der Waals surface area (Å²) >= 11 is 6.41. The van der Waals surface area contributed by atoms with Gasteiger partial charge >= 0.3 is 0 Å². The summed E-state index contributed by atoms with van der Waals surface area (Å²) < 4.78 is 31.8. The summed E-state index contributed by atoms with van der Waals surface area (Å²) in [7, 11) is -2.22. The quantitative estimate of drug-likeness (QED) is 0.222. The van der Waals surface area contributed by atoms with E-state index in [-0.39, 0.29) is 33.6 Å². The van der Waals surface area contributed by atoms with Crippen LogP contribution in [0.2, 0.25) is 5.02 Å². The van der Waals surface area contributed by atoms with Crippen molar-refractivity contribution < 1.29 is 13.2 Å². The first kappa shape index (κ1) is 33.0. The Morgan fingerprint density at radius 3 is 2.44 bits per heavy atom. The zero-order chi connectivity index (χ0) is 31.3. The molecule has 0 saturated heterocycles. The van der Waals surface area contributed by atoms with Crippen LogP contribution in [0.1, 0.15) is 83.3 Å². The van der Waals surface area contributed by atoms with Crippen molar-refractivity contribution in [2.24, 2.45) is 10.7 Å². The number of anilines is 3. The lowest BCUT2D eigenvalue weighted by Gasteiger charge is -2.36. The molecule has 10 nitrogen and oxygen atoms in total. The molecule has 4 N–H and O–H groups in total. The van der Waals surface area contributed by atoms with E-state index in [2.05, 4.69) is 63.4 Å². The molecule has 2 aliphatic rings. The van der Waals surface area contributed by atoms with Crippen LogP contribution in [0.5, 0.6) is 5.75 Å². The number of aliphatic imine (C=N–C) groups is 1. The van der Waals surface area contributed by atoms with Gasteiger partial charge in [-0.1, -0.05) is 25.4 Å². The van der Waals surface area contributed by atoms with Gasteiger partial charge in [-0.05, 0) is 102 Å². The summed E-state index contributed by atoms with van der Waals surface area (Å²) in [5.41, 5.74) is 9.45. The van der Waals surface area contributed by atoms with Gasteiger partial charge in [0.1, 0.15) is 10.8 Å². The Labute approximate surface area is 261 Å². The summed E-state index contributed by atoms with van der Waals surface area (Å²) in [6, 6.07) is 4.97. The third kappa shape index (κ3) is 7.99. The van der Waals surface area contributed by atoms with Crippen molar-refractivity contribution in [3.63, 3.8) is 0 Å². The smallest absolute Gasteiger partial charge is 0.229 e. The molecule has 236 valence electrons. The van der Waals surface area contributed by atoms with Gasteiger partial charge in [0, 0.05) is 19.3 Å². The second-order valence-corrected chi connectivity index (χ2v) is 14.5. The first-order valence-corrected chi connectivity index (χ1v) is 17.2. The second-order valence-electron chi connectivity index (χ2n) is 11.6. The van der Waals surface area contributed by atoms with Crippen molar-refractivity contribution in [1.29, 1.82) is 0 Å². The summed E-state index contributed by atoms with van der Waals surface area (Å²) in [4.78, 5) is 15.5. The highest BCUT2D eigenvalue weighted by Crippen LogP contribution is 2.42. The number of hydrogen-bond acceptors (Lipinski definition) is 10. The Bertz CT molecular complexity index is 1450. The minimum absolute atomic E-state index is 0.0800. The molecular formula is C31H46ClN7O3S. The largest absolute Gasteiger partial charge is 0.488 e. The van der Waals surface area contributed by atoms with Crippen LogP contribution in [0, 0.1) is 6.92 Å². The van der Waals surface area contributed by atoms with Gasteiger partial charge in [0.25, 0.3) is 0 Å². The van der Waals surface area contributed by atoms with Crippen LogP contribution in [-0.2, 0) is 9.84 Å². The number of sulfone groups is 1. The minimum atomic E-state index is -3.75. The van der Waals surface area contributed by atoms with Crippen LogP contribution in [0.4, 0.5) is 17.5 Å². The maximum Gasteiger partial charge on any atom is 0.229 e. The van der Waals surface area contributed by atoms with Gasteiger partial charge in [-0.2, -0.15) is 4.98 Å². The lowest BCUT2D eigenvalue weighted by molar-refractivity contribution is 0.163. The van der Waals surface area contributed by atoms with E-state index in [0.29, 0.717) is 12.0 Å². The van der Waals surface area contributed by atoms with Crippen molar-refractivity contribution in [1.82, 2.24) is 14.9 Å². The van der Waals surface area contributed by atoms with Crippen LogP contribution in [0.3, 0.4) is 0 Å². The number of hydrogen-bond donors (Lipinski definition) is 3. The SMILES string of the molecule is CCN(CC)C1CCC(c2cc(OC3CC3)c(Nc3ncc(Cl)c(NC(C=NC)=C(N)S(=O)(=O)C(C)C)n3)cc2C)CC1. The van der Waals surface area contributed by atoms with E-state index in [4.69, 9.17) is 22.1 Å². The first-order chi connectivity index (χ1) is 20.5. The molecule has 2 fully saturated rings. The average Bonchev–Trinajstić information content (AvgIpc) is 3.80. The van der Waals surface area contributed by atoms with Crippen LogP contribution >= 0.6 is 11.6 Å². The number of nitrogens with zero attached hydrogens (tertiary/aromatic N) is 4. The average molecular weight is 632 g/mol. The van der Waals surface area contributed by atoms with Gasteiger partial charge in [0.15, 0.2) is 20.7 Å². The number of allylic oxidation sites excluding steroid dienone is 1. The molecule has 1 aromatic carbocycles. The highest BCUT2D eigenvalue weighted by Gasteiger charge is 2.29. The minimum Gasteiger partial charge on any atom is -0.488 e. The molecule has 0 unspecified atom stereocenters. The molecule has 0 radical (unpaired) electrons. The summed E-state index contributed by atoms with van der Waals surface area (Å²) in [6.07, 6.45) is 9.83. The molecule has 2 aliphatic carbocycles. The van der Waals surface area contributed by atoms with Gasteiger partial charge in [-0.3, -0.25) is 4.99 Å². The highest BCUT2D eigenvalue weighted by molar-refractivity contribution is 7.95. The first-order valence-electron chi connectivity index (χ1n) is 15.3. The van der Waals surface area contributed by atoms with E-state index in [1.165, 1.54) is 56.3 Å². The fourth-order valence-corrected chi connectivity index (χ4v) is 6.71. The molecule has 2 saturated carbocycles. The molecule has 12 heteroatoms. The van der Waals surface area contributed by atoms with Crippen molar-refractivity contribution in [2.75, 3.05) is 30.8 Å². The zero-order valence-corrected chi connectivity index (χ0v) is 27.7. The molecule has 0 bridgehead atoms. The standard InChI is InChI=1S/C31H46ClN7O3S/c1-7-39(8-2)22-11-9-21(10-12-22)24-16-28(42-23-13-14-23)26(15-20(24)5)37-31-35-17-25(32)30(38-31)36-27(18-34-6)29(33)43(40,41)19(3)4/h15-19,21-23H,7-14,33H2,1-6H3,(H2,35,36,37,38).